The summed E-state index contributed by atoms with van der Waals surface area (Å²) in [5, 5.41) is 11.5. The lowest BCUT2D eigenvalue weighted by Crippen LogP contribution is -2.50. The number of anilines is 2. The van der Waals surface area contributed by atoms with Crippen molar-refractivity contribution < 1.29 is 9.18 Å². The minimum absolute atomic E-state index is 0.240. The number of hydrogen-bond acceptors (Lipinski definition) is 4. The fourth-order valence-electron chi connectivity index (χ4n) is 2.65. The van der Waals surface area contributed by atoms with Gasteiger partial charge in [-0.2, -0.15) is 5.26 Å². The van der Waals surface area contributed by atoms with Crippen LogP contribution in [0.25, 0.3) is 0 Å². The predicted octanol–water partition coefficient (Wildman–Crippen LogP) is 2.75. The third kappa shape index (κ3) is 3.86. The highest BCUT2D eigenvalue weighted by atomic mass is 19.1. The van der Waals surface area contributed by atoms with Crippen molar-refractivity contribution in [1.82, 2.24) is 9.88 Å². The summed E-state index contributed by atoms with van der Waals surface area (Å²) >= 11 is 0. The van der Waals surface area contributed by atoms with E-state index in [1.807, 2.05) is 12.1 Å². The Kier molecular flexibility index (Phi) is 4.80. The van der Waals surface area contributed by atoms with Crippen molar-refractivity contribution in [2.24, 2.45) is 0 Å². The number of benzene rings is 1. The number of halogens is 1. The van der Waals surface area contributed by atoms with Crippen LogP contribution in [0.4, 0.5) is 20.7 Å². The first kappa shape index (κ1) is 16.7. The highest BCUT2D eigenvalue weighted by Gasteiger charge is 2.22. The van der Waals surface area contributed by atoms with Crippen LogP contribution in [0.2, 0.25) is 0 Å². The van der Waals surface area contributed by atoms with Crippen LogP contribution in [0.15, 0.2) is 36.5 Å². The van der Waals surface area contributed by atoms with Gasteiger partial charge in [0.2, 0.25) is 0 Å². The Labute approximate surface area is 145 Å². The summed E-state index contributed by atoms with van der Waals surface area (Å²) in [6.45, 7) is 4.06. The summed E-state index contributed by atoms with van der Waals surface area (Å²) in [6.07, 6.45) is 1.54. The number of urea groups is 1. The van der Waals surface area contributed by atoms with E-state index in [0.717, 1.165) is 5.82 Å². The van der Waals surface area contributed by atoms with Crippen molar-refractivity contribution in [2.75, 3.05) is 36.4 Å². The second-order valence-corrected chi connectivity index (χ2v) is 5.89. The number of piperazine rings is 1. The second-order valence-electron chi connectivity index (χ2n) is 5.89. The van der Waals surface area contributed by atoms with Gasteiger partial charge in [0.25, 0.3) is 0 Å². The molecule has 1 aliphatic heterocycles. The Morgan fingerprint density at radius 3 is 2.60 bits per heavy atom. The number of aryl methyl sites for hydroxylation is 1. The summed E-state index contributed by atoms with van der Waals surface area (Å²) in [6, 6.07) is 9.99. The first-order valence-corrected chi connectivity index (χ1v) is 8.00. The molecule has 0 saturated carbocycles. The number of nitrogens with one attached hydrogen (secondary N) is 1. The number of nitriles is 1. The van der Waals surface area contributed by atoms with Crippen molar-refractivity contribution in [2.45, 2.75) is 6.92 Å². The quantitative estimate of drug-likeness (QED) is 0.913. The largest absolute Gasteiger partial charge is 0.353 e. The predicted molar refractivity (Wildman–Crippen MR) is 92.9 cm³/mol. The number of amides is 2. The standard InChI is InChI=1S/C18H18FN5O/c1-13-2-4-15(10-16(13)19)22-18(25)24-8-6-23(7-9-24)17-5-3-14(11-20)12-21-17/h2-5,10,12H,6-9H2,1H3,(H,22,25). The number of carbonyl (C=O) groups is 1. The van der Waals surface area contributed by atoms with Gasteiger partial charge in [-0.25, -0.2) is 14.2 Å². The molecular formula is C18H18FN5O. The van der Waals surface area contributed by atoms with Crippen LogP contribution >= 0.6 is 0 Å². The molecule has 1 aromatic heterocycles. The molecule has 0 atom stereocenters. The fraction of sp³-hybridized carbons (Fsp3) is 0.278. The van der Waals surface area contributed by atoms with E-state index in [9.17, 15) is 9.18 Å². The summed E-state index contributed by atoms with van der Waals surface area (Å²) < 4.78 is 13.6. The zero-order valence-corrected chi connectivity index (χ0v) is 13.9. The molecule has 1 aliphatic rings. The van der Waals surface area contributed by atoms with Gasteiger partial charge < -0.3 is 15.1 Å². The maximum Gasteiger partial charge on any atom is 0.321 e. The Hall–Kier alpha value is -3.14. The van der Waals surface area contributed by atoms with Crippen molar-refractivity contribution in [3.05, 3.63) is 53.5 Å². The summed E-state index contributed by atoms with van der Waals surface area (Å²) in [5.41, 5.74) is 1.51. The molecule has 1 aromatic carbocycles. The Bertz CT molecular complexity index is 807. The van der Waals surface area contributed by atoms with Gasteiger partial charge in [0.15, 0.2) is 0 Å². The molecule has 0 unspecified atom stereocenters. The Morgan fingerprint density at radius 2 is 2.00 bits per heavy atom. The molecule has 1 saturated heterocycles. The van der Waals surface area contributed by atoms with Crippen LogP contribution in [-0.4, -0.2) is 42.1 Å². The number of carbonyl (C=O) groups excluding carboxylic acids is 1. The molecule has 0 spiro atoms. The average molecular weight is 339 g/mol. The van der Waals surface area contributed by atoms with Gasteiger partial charge in [0.1, 0.15) is 17.7 Å². The Balaban J connectivity index is 1.56. The lowest BCUT2D eigenvalue weighted by Gasteiger charge is -2.35. The smallest absolute Gasteiger partial charge is 0.321 e. The molecule has 0 aliphatic carbocycles. The van der Waals surface area contributed by atoms with Crippen molar-refractivity contribution in [3.63, 3.8) is 0 Å². The SMILES string of the molecule is Cc1ccc(NC(=O)N2CCN(c3ccc(C#N)cn3)CC2)cc1F. The third-order valence-corrected chi connectivity index (χ3v) is 4.19. The van der Waals surface area contributed by atoms with E-state index in [1.165, 1.54) is 6.07 Å². The molecule has 1 N–H and O–H groups in total. The zero-order valence-electron chi connectivity index (χ0n) is 13.9. The molecule has 25 heavy (non-hydrogen) atoms. The lowest BCUT2D eigenvalue weighted by molar-refractivity contribution is 0.208. The summed E-state index contributed by atoms with van der Waals surface area (Å²) in [5.74, 6) is 0.453. The minimum atomic E-state index is -0.338. The number of hydrogen-bond donors (Lipinski definition) is 1. The normalized spacial score (nSPS) is 14.1. The fourth-order valence-corrected chi connectivity index (χ4v) is 2.65. The molecule has 0 radical (unpaired) electrons. The summed E-state index contributed by atoms with van der Waals surface area (Å²) in [4.78, 5) is 20.3. The van der Waals surface area contributed by atoms with Crippen LogP contribution in [0.1, 0.15) is 11.1 Å². The topological polar surface area (TPSA) is 72.3 Å². The van der Waals surface area contributed by atoms with Gasteiger partial charge in [-0.05, 0) is 36.8 Å². The number of nitrogens with zero attached hydrogens (tertiary/aromatic N) is 4. The number of aromatic nitrogens is 1. The van der Waals surface area contributed by atoms with Crippen LogP contribution in [0.5, 0.6) is 0 Å². The number of rotatable bonds is 2. The number of pyridine rings is 1. The van der Waals surface area contributed by atoms with Crippen LogP contribution in [0, 0.1) is 24.1 Å². The van der Waals surface area contributed by atoms with E-state index in [4.69, 9.17) is 5.26 Å². The summed E-state index contributed by atoms with van der Waals surface area (Å²) in [7, 11) is 0. The van der Waals surface area contributed by atoms with Gasteiger partial charge in [0, 0.05) is 38.1 Å². The lowest BCUT2D eigenvalue weighted by atomic mass is 10.2. The zero-order chi connectivity index (χ0) is 17.8. The molecule has 7 heteroatoms. The molecule has 3 rings (SSSR count). The van der Waals surface area contributed by atoms with E-state index in [1.54, 1.807) is 36.2 Å². The molecule has 0 bridgehead atoms. The van der Waals surface area contributed by atoms with E-state index in [0.29, 0.717) is 43.0 Å². The van der Waals surface area contributed by atoms with Crippen LogP contribution < -0.4 is 10.2 Å². The van der Waals surface area contributed by atoms with E-state index >= 15 is 0 Å². The van der Waals surface area contributed by atoms with E-state index < -0.39 is 0 Å². The molecule has 2 aromatic rings. The molecule has 1 fully saturated rings. The van der Waals surface area contributed by atoms with Gasteiger partial charge in [-0.15, -0.1) is 0 Å². The monoisotopic (exact) mass is 339 g/mol. The second kappa shape index (κ2) is 7.18. The first-order valence-electron chi connectivity index (χ1n) is 8.00. The Morgan fingerprint density at radius 1 is 1.24 bits per heavy atom. The van der Waals surface area contributed by atoms with Gasteiger partial charge in [-0.1, -0.05) is 6.07 Å². The first-order chi connectivity index (χ1) is 12.1. The van der Waals surface area contributed by atoms with Gasteiger partial charge in [0.05, 0.1) is 5.56 Å². The molecule has 2 amide bonds. The highest BCUT2D eigenvalue weighted by Crippen LogP contribution is 2.16. The minimum Gasteiger partial charge on any atom is -0.353 e. The van der Waals surface area contributed by atoms with Crippen molar-refractivity contribution in [1.29, 1.82) is 5.26 Å². The van der Waals surface area contributed by atoms with Gasteiger partial charge >= 0.3 is 6.03 Å². The van der Waals surface area contributed by atoms with Crippen molar-refractivity contribution in [3.8, 4) is 6.07 Å². The molecular weight excluding hydrogens is 321 g/mol. The molecule has 2 heterocycles. The van der Waals surface area contributed by atoms with E-state index in [-0.39, 0.29) is 11.8 Å². The molecule has 128 valence electrons. The van der Waals surface area contributed by atoms with Crippen molar-refractivity contribution >= 4 is 17.5 Å². The van der Waals surface area contributed by atoms with E-state index in [2.05, 4.69) is 15.2 Å². The third-order valence-electron chi connectivity index (χ3n) is 4.19. The molecule has 6 nitrogen and oxygen atoms in total. The maximum atomic E-state index is 13.6. The highest BCUT2D eigenvalue weighted by molar-refractivity contribution is 5.89. The van der Waals surface area contributed by atoms with Crippen LogP contribution in [0.3, 0.4) is 0 Å². The van der Waals surface area contributed by atoms with Gasteiger partial charge in [-0.3, -0.25) is 0 Å². The van der Waals surface area contributed by atoms with Crippen LogP contribution in [-0.2, 0) is 0 Å². The average Bonchev–Trinajstić information content (AvgIpc) is 2.65. The maximum absolute atomic E-state index is 13.6.